The number of carbonyl (C=O) groups is 1. The molecular formula is C33H34ClFN4O6. The molecule has 1 saturated heterocycles. The van der Waals surface area contributed by atoms with E-state index < -0.39 is 29.1 Å². The molecule has 5 rings (SSSR count). The minimum absolute atomic E-state index is 0.176. The van der Waals surface area contributed by atoms with Gasteiger partial charge in [-0.1, -0.05) is 41.9 Å². The first-order valence-electron chi connectivity index (χ1n) is 14.3. The fourth-order valence-corrected chi connectivity index (χ4v) is 5.82. The van der Waals surface area contributed by atoms with Gasteiger partial charge >= 0.3 is 5.69 Å². The van der Waals surface area contributed by atoms with Crippen molar-refractivity contribution in [1.82, 2.24) is 14.5 Å². The highest BCUT2D eigenvalue weighted by Crippen LogP contribution is 2.40. The standard InChI is InChI=1S/C33H34ClFN4O6/c1-18-20(19-13-25(35)23(29(14-19)44-4)15-36-26-11-12-45-17-28(26)40)7-5-8-21(18)22-9-6-10-27(30(22)34)37-31(41)24-16-38(2)33(43)39(3)32(24)42/h5-10,13-14,16,26,28,36,40H,11-12,15,17H2,1-4H3,(H,37,41)/t26-,28-/m1/s1. The monoisotopic (exact) mass is 636 g/mol. The first-order chi connectivity index (χ1) is 21.5. The van der Waals surface area contributed by atoms with E-state index in [0.29, 0.717) is 35.5 Å². The lowest BCUT2D eigenvalue weighted by Crippen LogP contribution is -2.46. The zero-order valence-corrected chi connectivity index (χ0v) is 26.1. The summed E-state index contributed by atoms with van der Waals surface area (Å²) >= 11 is 6.81. The molecule has 10 nitrogen and oxygen atoms in total. The molecule has 0 unspecified atom stereocenters. The van der Waals surface area contributed by atoms with Gasteiger partial charge in [0.1, 0.15) is 17.1 Å². The molecule has 0 saturated carbocycles. The maximum atomic E-state index is 15.6. The third kappa shape index (κ3) is 6.43. The molecule has 2 atom stereocenters. The highest BCUT2D eigenvalue weighted by molar-refractivity contribution is 6.36. The Kier molecular flexibility index (Phi) is 9.54. The van der Waals surface area contributed by atoms with E-state index in [2.05, 4.69) is 10.6 Å². The molecule has 1 aromatic heterocycles. The van der Waals surface area contributed by atoms with E-state index in [0.717, 1.165) is 25.8 Å². The van der Waals surface area contributed by atoms with Gasteiger partial charge < -0.3 is 29.8 Å². The number of benzene rings is 3. The summed E-state index contributed by atoms with van der Waals surface area (Å²) in [5.41, 5.74) is 2.68. The van der Waals surface area contributed by atoms with Crippen LogP contribution in [0.25, 0.3) is 22.3 Å². The fourth-order valence-electron chi connectivity index (χ4n) is 5.55. The van der Waals surface area contributed by atoms with Gasteiger partial charge in [0.05, 0.1) is 30.5 Å². The van der Waals surface area contributed by atoms with Crippen molar-refractivity contribution in [1.29, 1.82) is 0 Å². The van der Waals surface area contributed by atoms with E-state index in [1.165, 1.54) is 33.5 Å². The molecule has 1 aliphatic heterocycles. The summed E-state index contributed by atoms with van der Waals surface area (Å²) in [6.07, 6.45) is 1.14. The Morgan fingerprint density at radius 2 is 1.84 bits per heavy atom. The Hall–Kier alpha value is -4.29. The third-order valence-electron chi connectivity index (χ3n) is 8.11. The molecule has 12 heteroatoms. The summed E-state index contributed by atoms with van der Waals surface area (Å²) in [4.78, 5) is 37.7. The van der Waals surface area contributed by atoms with Crippen LogP contribution in [0.3, 0.4) is 0 Å². The van der Waals surface area contributed by atoms with Crippen LogP contribution in [0.4, 0.5) is 10.1 Å². The number of aryl methyl sites for hydroxylation is 1. The van der Waals surface area contributed by atoms with Gasteiger partial charge in [0, 0.05) is 50.6 Å². The van der Waals surface area contributed by atoms with E-state index in [4.69, 9.17) is 21.1 Å². The summed E-state index contributed by atoms with van der Waals surface area (Å²) in [7, 11) is 4.24. The van der Waals surface area contributed by atoms with Crippen LogP contribution in [0.15, 0.2) is 64.3 Å². The largest absolute Gasteiger partial charge is 0.496 e. The van der Waals surface area contributed by atoms with Crippen LogP contribution >= 0.6 is 11.6 Å². The van der Waals surface area contributed by atoms with Gasteiger partial charge in [-0.15, -0.1) is 0 Å². The van der Waals surface area contributed by atoms with E-state index >= 15 is 4.39 Å². The second kappa shape index (κ2) is 13.4. The zero-order chi connectivity index (χ0) is 32.4. The maximum absolute atomic E-state index is 15.6. The lowest BCUT2D eigenvalue weighted by molar-refractivity contribution is -0.0281. The number of halogens is 2. The lowest BCUT2D eigenvalue weighted by Gasteiger charge is -2.29. The van der Waals surface area contributed by atoms with Gasteiger partial charge in [0.15, 0.2) is 0 Å². The van der Waals surface area contributed by atoms with Crippen molar-refractivity contribution >= 4 is 23.2 Å². The normalized spacial score (nSPS) is 16.4. The van der Waals surface area contributed by atoms with E-state index in [1.807, 2.05) is 25.1 Å². The number of anilines is 1. The molecule has 3 N–H and O–H groups in total. The molecule has 4 aromatic rings. The zero-order valence-electron chi connectivity index (χ0n) is 25.3. The summed E-state index contributed by atoms with van der Waals surface area (Å²) in [5, 5.41) is 16.3. The van der Waals surface area contributed by atoms with Crippen LogP contribution in [-0.4, -0.2) is 52.6 Å². The van der Waals surface area contributed by atoms with Crippen molar-refractivity contribution in [2.75, 3.05) is 25.6 Å². The predicted molar refractivity (Wildman–Crippen MR) is 171 cm³/mol. The smallest absolute Gasteiger partial charge is 0.330 e. The van der Waals surface area contributed by atoms with Gasteiger partial charge in [0.25, 0.3) is 11.5 Å². The molecular weight excluding hydrogens is 603 g/mol. The number of nitrogens with one attached hydrogen (secondary N) is 2. The number of aliphatic hydroxyl groups excluding tert-OH is 1. The van der Waals surface area contributed by atoms with Crippen LogP contribution in [0, 0.1) is 12.7 Å². The molecule has 3 aromatic carbocycles. The van der Waals surface area contributed by atoms with Gasteiger partial charge in [-0.25, -0.2) is 9.18 Å². The number of aliphatic hydroxyl groups is 1. The Labute approximate surface area is 264 Å². The van der Waals surface area contributed by atoms with Crippen LogP contribution in [-0.2, 0) is 25.4 Å². The number of ether oxygens (including phenoxy) is 2. The maximum Gasteiger partial charge on any atom is 0.330 e. The highest BCUT2D eigenvalue weighted by Gasteiger charge is 2.25. The van der Waals surface area contributed by atoms with Crippen molar-refractivity contribution in [3.63, 3.8) is 0 Å². The number of carbonyl (C=O) groups excluding carboxylic acids is 1. The Bertz CT molecular complexity index is 1890. The average Bonchev–Trinajstić information content (AvgIpc) is 3.02. The molecule has 45 heavy (non-hydrogen) atoms. The summed E-state index contributed by atoms with van der Waals surface area (Å²) in [6.45, 7) is 2.83. The Balaban J connectivity index is 1.45. The third-order valence-corrected chi connectivity index (χ3v) is 8.52. The predicted octanol–water partition coefficient (Wildman–Crippen LogP) is 4.02. The number of aromatic nitrogens is 2. The molecule has 0 aliphatic carbocycles. The first kappa shape index (κ1) is 32.1. The van der Waals surface area contributed by atoms with Gasteiger partial charge in [0.2, 0.25) is 0 Å². The van der Waals surface area contributed by atoms with Crippen molar-refractivity contribution in [3.05, 3.63) is 103 Å². The topological polar surface area (TPSA) is 124 Å². The number of amides is 1. The highest BCUT2D eigenvalue weighted by atomic mass is 35.5. The van der Waals surface area contributed by atoms with Crippen molar-refractivity contribution in [2.24, 2.45) is 14.1 Å². The molecule has 236 valence electrons. The number of rotatable bonds is 8. The average molecular weight is 637 g/mol. The van der Waals surface area contributed by atoms with E-state index in [9.17, 15) is 19.5 Å². The molecule has 1 fully saturated rings. The number of hydrogen-bond donors (Lipinski definition) is 3. The number of nitrogens with zero attached hydrogens (tertiary/aromatic N) is 2. The van der Waals surface area contributed by atoms with Crippen LogP contribution in [0.1, 0.15) is 27.9 Å². The fraction of sp³-hybridized carbons (Fsp3) is 0.303. The van der Waals surface area contributed by atoms with Crippen molar-refractivity contribution < 1.29 is 23.8 Å². The minimum Gasteiger partial charge on any atom is -0.496 e. The molecule has 1 aliphatic rings. The van der Waals surface area contributed by atoms with Gasteiger partial charge in [-0.05, 0) is 53.8 Å². The molecule has 0 spiro atoms. The van der Waals surface area contributed by atoms with E-state index in [1.54, 1.807) is 24.3 Å². The van der Waals surface area contributed by atoms with Crippen LogP contribution < -0.4 is 26.6 Å². The Morgan fingerprint density at radius 3 is 2.58 bits per heavy atom. The van der Waals surface area contributed by atoms with Crippen molar-refractivity contribution in [2.45, 2.75) is 32.0 Å². The van der Waals surface area contributed by atoms with Gasteiger partial charge in [-0.2, -0.15) is 0 Å². The minimum atomic E-state index is -0.725. The second-order valence-corrected chi connectivity index (χ2v) is 11.3. The summed E-state index contributed by atoms with van der Waals surface area (Å²) in [6, 6.07) is 13.7. The second-order valence-electron chi connectivity index (χ2n) is 11.0. The quantitative estimate of drug-likeness (QED) is 0.267. The number of hydrogen-bond acceptors (Lipinski definition) is 7. The van der Waals surface area contributed by atoms with Crippen LogP contribution in [0.2, 0.25) is 5.02 Å². The number of methoxy groups -OCH3 is 1. The summed E-state index contributed by atoms with van der Waals surface area (Å²) in [5.74, 6) is -0.786. The lowest BCUT2D eigenvalue weighted by atomic mass is 9.91. The molecule has 1 amide bonds. The van der Waals surface area contributed by atoms with E-state index in [-0.39, 0.29) is 35.5 Å². The van der Waals surface area contributed by atoms with Crippen LogP contribution in [0.5, 0.6) is 5.75 Å². The molecule has 2 heterocycles. The SMILES string of the molecule is COc1cc(-c2cccc(-c3cccc(NC(=O)c4cn(C)c(=O)n(C)c4=O)c3Cl)c2C)cc(F)c1CN[C@@H]1CCOC[C@H]1O. The summed E-state index contributed by atoms with van der Waals surface area (Å²) < 4.78 is 28.4. The molecule has 0 radical (unpaired) electrons. The molecule has 0 bridgehead atoms. The Morgan fingerprint density at radius 1 is 1.13 bits per heavy atom. The first-order valence-corrected chi connectivity index (χ1v) is 14.7. The van der Waals surface area contributed by atoms with Crippen molar-refractivity contribution in [3.8, 4) is 28.0 Å². The van der Waals surface area contributed by atoms with Gasteiger partial charge in [-0.3, -0.25) is 14.2 Å².